The molecular formula is C14H20ClFN2OS. The van der Waals surface area contributed by atoms with Crippen LogP contribution in [0.2, 0.25) is 5.15 Å². The van der Waals surface area contributed by atoms with E-state index in [1.807, 2.05) is 20.8 Å². The molecule has 0 spiro atoms. The average molecular weight is 319 g/mol. The molecule has 0 bridgehead atoms. The summed E-state index contributed by atoms with van der Waals surface area (Å²) in [6.45, 7) is 9.32. The van der Waals surface area contributed by atoms with Gasteiger partial charge in [-0.25, -0.2) is 13.9 Å². The predicted octanol–water partition coefficient (Wildman–Crippen LogP) is 3.93. The molecule has 1 rings (SSSR count). The number of allylic oxidation sites excluding steroid dienone is 1. The highest BCUT2D eigenvalue weighted by Crippen LogP contribution is 2.27. The molecule has 0 saturated heterocycles. The van der Waals surface area contributed by atoms with E-state index in [4.69, 9.17) is 11.6 Å². The summed E-state index contributed by atoms with van der Waals surface area (Å²) in [6.07, 6.45) is 3.17. The fourth-order valence-electron chi connectivity index (χ4n) is 1.55. The summed E-state index contributed by atoms with van der Waals surface area (Å²) in [6, 6.07) is 2.57. The van der Waals surface area contributed by atoms with Gasteiger partial charge in [0.15, 0.2) is 0 Å². The number of pyridine rings is 1. The van der Waals surface area contributed by atoms with Crippen molar-refractivity contribution in [3.05, 3.63) is 41.5 Å². The van der Waals surface area contributed by atoms with Crippen LogP contribution < -0.4 is 4.72 Å². The number of nitrogens with zero attached hydrogens (tertiary/aromatic N) is 1. The number of aromatic nitrogens is 1. The van der Waals surface area contributed by atoms with Crippen molar-refractivity contribution in [3.8, 4) is 0 Å². The van der Waals surface area contributed by atoms with E-state index >= 15 is 0 Å². The van der Waals surface area contributed by atoms with Crippen LogP contribution in [-0.2, 0) is 11.0 Å². The highest BCUT2D eigenvalue weighted by atomic mass is 35.5. The molecule has 1 heterocycles. The topological polar surface area (TPSA) is 42.0 Å². The first kappa shape index (κ1) is 17.3. The Bertz CT molecular complexity index is 502. The summed E-state index contributed by atoms with van der Waals surface area (Å²) >= 11 is 5.99. The minimum absolute atomic E-state index is 0.0949. The fourth-order valence-corrected chi connectivity index (χ4v) is 2.68. The number of nitrogens with one attached hydrogen (secondary N) is 1. The monoisotopic (exact) mass is 318 g/mol. The van der Waals surface area contributed by atoms with Gasteiger partial charge in [-0.15, -0.1) is 6.58 Å². The molecule has 0 aliphatic rings. The van der Waals surface area contributed by atoms with Gasteiger partial charge in [0.05, 0.1) is 15.7 Å². The van der Waals surface area contributed by atoms with Gasteiger partial charge in [-0.3, -0.25) is 0 Å². The SMILES string of the molecule is C=CCCC(NS(=O)C(C)(C)C)c1ccc(F)nc1Cl. The van der Waals surface area contributed by atoms with Crippen molar-refractivity contribution in [1.29, 1.82) is 0 Å². The van der Waals surface area contributed by atoms with E-state index in [1.165, 1.54) is 6.07 Å². The molecule has 0 aromatic carbocycles. The van der Waals surface area contributed by atoms with Gasteiger partial charge >= 0.3 is 0 Å². The molecule has 0 aliphatic carbocycles. The lowest BCUT2D eigenvalue weighted by atomic mass is 10.1. The summed E-state index contributed by atoms with van der Waals surface area (Å²) in [7, 11) is -1.25. The molecule has 2 atom stereocenters. The molecule has 3 nitrogen and oxygen atoms in total. The van der Waals surface area contributed by atoms with Crippen LogP contribution in [0, 0.1) is 5.95 Å². The zero-order valence-electron chi connectivity index (χ0n) is 12.0. The third-order valence-corrected chi connectivity index (χ3v) is 4.60. The quantitative estimate of drug-likeness (QED) is 0.638. The minimum atomic E-state index is -1.25. The molecule has 1 aromatic heterocycles. The van der Waals surface area contributed by atoms with E-state index in [2.05, 4.69) is 16.3 Å². The van der Waals surface area contributed by atoms with Crippen molar-refractivity contribution >= 4 is 22.6 Å². The maximum atomic E-state index is 13.0. The molecule has 0 aliphatic heterocycles. The van der Waals surface area contributed by atoms with Crippen molar-refractivity contribution in [2.45, 2.75) is 44.4 Å². The van der Waals surface area contributed by atoms with E-state index in [1.54, 1.807) is 12.1 Å². The lowest BCUT2D eigenvalue weighted by Gasteiger charge is -2.24. The molecule has 1 N–H and O–H groups in total. The van der Waals surface area contributed by atoms with Crippen molar-refractivity contribution in [2.24, 2.45) is 0 Å². The fraction of sp³-hybridized carbons (Fsp3) is 0.500. The second-order valence-electron chi connectivity index (χ2n) is 5.43. The van der Waals surface area contributed by atoms with Gasteiger partial charge in [0.2, 0.25) is 5.95 Å². The first-order valence-electron chi connectivity index (χ1n) is 6.36. The molecular weight excluding hydrogens is 299 g/mol. The lowest BCUT2D eigenvalue weighted by molar-refractivity contribution is 0.560. The summed E-state index contributed by atoms with van der Waals surface area (Å²) < 4.78 is 27.9. The zero-order chi connectivity index (χ0) is 15.3. The molecule has 6 heteroatoms. The molecule has 20 heavy (non-hydrogen) atoms. The van der Waals surface area contributed by atoms with Crippen LogP contribution in [-0.4, -0.2) is 13.9 Å². The largest absolute Gasteiger partial charge is 0.242 e. The molecule has 2 unspecified atom stereocenters. The van der Waals surface area contributed by atoms with Gasteiger partial charge in [0.25, 0.3) is 0 Å². The Hall–Kier alpha value is -0.780. The van der Waals surface area contributed by atoms with Crippen molar-refractivity contribution in [2.75, 3.05) is 0 Å². The van der Waals surface area contributed by atoms with Crippen LogP contribution in [0.15, 0.2) is 24.8 Å². The number of rotatable bonds is 6. The van der Waals surface area contributed by atoms with Crippen molar-refractivity contribution < 1.29 is 8.60 Å². The normalized spacial score (nSPS) is 14.8. The predicted molar refractivity (Wildman–Crippen MR) is 82.4 cm³/mol. The van der Waals surface area contributed by atoms with E-state index in [0.29, 0.717) is 12.0 Å². The van der Waals surface area contributed by atoms with Crippen LogP contribution in [0.4, 0.5) is 4.39 Å². The second-order valence-corrected chi connectivity index (χ2v) is 7.79. The van der Waals surface area contributed by atoms with E-state index in [9.17, 15) is 8.60 Å². The molecule has 0 saturated carbocycles. The lowest BCUT2D eigenvalue weighted by Crippen LogP contribution is -2.36. The highest BCUT2D eigenvalue weighted by molar-refractivity contribution is 7.84. The highest BCUT2D eigenvalue weighted by Gasteiger charge is 2.24. The smallest absolute Gasteiger partial charge is 0.214 e. The Kier molecular flexibility index (Phi) is 6.30. The zero-order valence-corrected chi connectivity index (χ0v) is 13.5. The van der Waals surface area contributed by atoms with Gasteiger partial charge in [-0.1, -0.05) is 17.7 Å². The van der Waals surface area contributed by atoms with Gasteiger partial charge < -0.3 is 0 Å². The summed E-state index contributed by atoms with van der Waals surface area (Å²) in [4.78, 5) is 3.61. The van der Waals surface area contributed by atoms with Crippen molar-refractivity contribution in [1.82, 2.24) is 9.71 Å². The minimum Gasteiger partial charge on any atom is -0.242 e. The standard InChI is InChI=1S/C14H20ClFN2OS/c1-5-6-7-11(18-20(19)14(2,3)4)10-8-9-12(16)17-13(10)15/h5,8-9,11,18H,1,6-7H2,2-4H3. The van der Waals surface area contributed by atoms with Gasteiger partial charge in [-0.05, 0) is 45.7 Å². The van der Waals surface area contributed by atoms with Crippen LogP contribution in [0.3, 0.4) is 0 Å². The second kappa shape index (κ2) is 7.29. The van der Waals surface area contributed by atoms with Crippen LogP contribution in [0.5, 0.6) is 0 Å². The first-order chi connectivity index (χ1) is 9.25. The number of hydrogen-bond acceptors (Lipinski definition) is 2. The number of hydrogen-bond donors (Lipinski definition) is 1. The first-order valence-corrected chi connectivity index (χ1v) is 7.89. The third-order valence-electron chi connectivity index (χ3n) is 2.68. The van der Waals surface area contributed by atoms with Crippen LogP contribution in [0.25, 0.3) is 0 Å². The molecule has 0 amide bonds. The Morgan fingerprint density at radius 2 is 2.20 bits per heavy atom. The van der Waals surface area contributed by atoms with Gasteiger partial charge in [0, 0.05) is 11.6 Å². The average Bonchev–Trinajstić information content (AvgIpc) is 2.33. The van der Waals surface area contributed by atoms with Crippen LogP contribution in [0.1, 0.15) is 45.2 Å². The van der Waals surface area contributed by atoms with Gasteiger partial charge in [-0.2, -0.15) is 4.39 Å². The molecule has 0 fully saturated rings. The maximum Gasteiger partial charge on any atom is 0.214 e. The Morgan fingerprint density at radius 1 is 1.55 bits per heavy atom. The maximum absolute atomic E-state index is 13.0. The summed E-state index contributed by atoms with van der Waals surface area (Å²) in [5.74, 6) is -0.627. The van der Waals surface area contributed by atoms with E-state index in [0.717, 1.165) is 6.42 Å². The van der Waals surface area contributed by atoms with E-state index < -0.39 is 21.7 Å². The molecule has 1 aromatic rings. The van der Waals surface area contributed by atoms with Gasteiger partial charge in [0.1, 0.15) is 5.15 Å². The third kappa shape index (κ3) is 4.96. The Labute approximate surface area is 127 Å². The summed E-state index contributed by atoms with van der Waals surface area (Å²) in [5, 5.41) is 0.0949. The van der Waals surface area contributed by atoms with Crippen LogP contribution >= 0.6 is 11.6 Å². The molecule has 112 valence electrons. The van der Waals surface area contributed by atoms with E-state index in [-0.39, 0.29) is 11.2 Å². The number of halogens is 2. The Balaban J connectivity index is 2.99. The summed E-state index contributed by atoms with van der Waals surface area (Å²) in [5.41, 5.74) is 0.646. The Morgan fingerprint density at radius 3 is 2.70 bits per heavy atom. The molecule has 0 radical (unpaired) electrons. The van der Waals surface area contributed by atoms with Crippen molar-refractivity contribution in [3.63, 3.8) is 0 Å².